The van der Waals surface area contributed by atoms with Gasteiger partial charge in [0.2, 0.25) is 0 Å². The maximum atomic E-state index is 12.5. The molecule has 0 rings (SSSR count). The van der Waals surface area contributed by atoms with Crippen molar-refractivity contribution in [2.75, 3.05) is 13.1 Å². The molecular formula is C11H23F3N2. The topological polar surface area (TPSA) is 29.3 Å². The van der Waals surface area contributed by atoms with E-state index >= 15 is 0 Å². The molecule has 0 heterocycles. The lowest BCUT2D eigenvalue weighted by Crippen LogP contribution is -2.60. The van der Waals surface area contributed by atoms with E-state index in [4.69, 9.17) is 5.73 Å². The van der Waals surface area contributed by atoms with E-state index in [0.717, 1.165) is 0 Å². The fourth-order valence-corrected chi connectivity index (χ4v) is 1.83. The van der Waals surface area contributed by atoms with Crippen molar-refractivity contribution in [1.82, 2.24) is 4.90 Å². The van der Waals surface area contributed by atoms with E-state index in [2.05, 4.69) is 0 Å². The number of nitrogens with zero attached hydrogens (tertiary/aromatic N) is 1. The summed E-state index contributed by atoms with van der Waals surface area (Å²) >= 11 is 0. The van der Waals surface area contributed by atoms with Gasteiger partial charge in [-0.2, -0.15) is 13.2 Å². The maximum Gasteiger partial charge on any atom is 0.401 e. The lowest BCUT2D eigenvalue weighted by molar-refractivity contribution is -0.167. The minimum Gasteiger partial charge on any atom is -0.329 e. The third kappa shape index (κ3) is 3.94. The molecule has 1 unspecified atom stereocenters. The molecule has 0 saturated heterocycles. The lowest BCUT2D eigenvalue weighted by atomic mass is 9.85. The number of hydrogen-bond donors (Lipinski definition) is 1. The second kappa shape index (κ2) is 5.36. The zero-order valence-electron chi connectivity index (χ0n) is 10.7. The van der Waals surface area contributed by atoms with Crippen LogP contribution in [0.5, 0.6) is 0 Å². The van der Waals surface area contributed by atoms with E-state index in [0.29, 0.717) is 0 Å². The summed E-state index contributed by atoms with van der Waals surface area (Å²) in [6, 6.07) is -0.183. The van der Waals surface area contributed by atoms with Gasteiger partial charge < -0.3 is 5.73 Å². The van der Waals surface area contributed by atoms with Gasteiger partial charge in [-0.25, -0.2) is 0 Å². The zero-order chi connectivity index (χ0) is 13.1. The molecule has 0 aromatic heterocycles. The van der Waals surface area contributed by atoms with Crippen molar-refractivity contribution in [1.29, 1.82) is 0 Å². The monoisotopic (exact) mass is 240 g/mol. The Morgan fingerprint density at radius 3 is 1.75 bits per heavy atom. The second-order valence-corrected chi connectivity index (χ2v) is 5.05. The van der Waals surface area contributed by atoms with Crippen LogP contribution >= 0.6 is 0 Å². The molecule has 2 N–H and O–H groups in total. The Balaban J connectivity index is 5.03. The summed E-state index contributed by atoms with van der Waals surface area (Å²) in [6.45, 7) is 8.44. The molecule has 0 aliphatic heterocycles. The predicted molar refractivity (Wildman–Crippen MR) is 60.2 cm³/mol. The standard InChI is InChI=1S/C11H23F3N2/c1-8(2)10(5,6-15)16(9(3)4)7-11(12,13)14/h8-9H,6-7,15H2,1-5H3. The molecule has 98 valence electrons. The molecular weight excluding hydrogens is 217 g/mol. The number of hydrogen-bond acceptors (Lipinski definition) is 2. The molecule has 0 amide bonds. The summed E-state index contributed by atoms with van der Waals surface area (Å²) in [7, 11) is 0. The summed E-state index contributed by atoms with van der Waals surface area (Å²) < 4.78 is 37.5. The van der Waals surface area contributed by atoms with Crippen LogP contribution in [0.4, 0.5) is 13.2 Å². The summed E-state index contributed by atoms with van der Waals surface area (Å²) in [5.74, 6) is 0.0715. The molecule has 5 heteroatoms. The van der Waals surface area contributed by atoms with E-state index in [1.807, 2.05) is 13.8 Å². The highest BCUT2D eigenvalue weighted by molar-refractivity contribution is 4.92. The third-order valence-electron chi connectivity index (χ3n) is 3.29. The Labute approximate surface area is 96.0 Å². The first-order chi connectivity index (χ1) is 7.04. The zero-order valence-corrected chi connectivity index (χ0v) is 10.7. The van der Waals surface area contributed by atoms with Gasteiger partial charge in [0, 0.05) is 18.1 Å². The van der Waals surface area contributed by atoms with Gasteiger partial charge in [-0.05, 0) is 26.7 Å². The van der Waals surface area contributed by atoms with Gasteiger partial charge in [-0.3, -0.25) is 4.90 Å². The van der Waals surface area contributed by atoms with Gasteiger partial charge in [0.1, 0.15) is 0 Å². The number of halogens is 3. The molecule has 1 atom stereocenters. The lowest BCUT2D eigenvalue weighted by Gasteiger charge is -2.46. The summed E-state index contributed by atoms with van der Waals surface area (Å²) in [6.07, 6.45) is -4.18. The molecule has 0 aliphatic rings. The average molecular weight is 240 g/mol. The van der Waals surface area contributed by atoms with Gasteiger partial charge >= 0.3 is 6.18 Å². The molecule has 0 bridgehead atoms. The van der Waals surface area contributed by atoms with Crippen LogP contribution in [-0.2, 0) is 0 Å². The van der Waals surface area contributed by atoms with Crippen LogP contribution in [0.25, 0.3) is 0 Å². The quantitative estimate of drug-likeness (QED) is 0.800. The van der Waals surface area contributed by atoms with Crippen molar-refractivity contribution in [2.45, 2.75) is 52.4 Å². The van der Waals surface area contributed by atoms with Crippen molar-refractivity contribution in [3.63, 3.8) is 0 Å². The summed E-state index contributed by atoms with van der Waals surface area (Å²) in [4.78, 5) is 1.44. The van der Waals surface area contributed by atoms with Gasteiger partial charge in [0.15, 0.2) is 0 Å². The van der Waals surface area contributed by atoms with Gasteiger partial charge in [0.05, 0.1) is 6.54 Å². The first-order valence-electron chi connectivity index (χ1n) is 5.58. The molecule has 2 nitrogen and oxygen atoms in total. The molecule has 0 spiro atoms. The van der Waals surface area contributed by atoms with Gasteiger partial charge in [-0.15, -0.1) is 0 Å². The third-order valence-corrected chi connectivity index (χ3v) is 3.29. The molecule has 0 saturated carbocycles. The highest BCUT2D eigenvalue weighted by Gasteiger charge is 2.42. The number of rotatable bonds is 5. The fraction of sp³-hybridized carbons (Fsp3) is 1.00. The molecule has 0 aliphatic carbocycles. The minimum absolute atomic E-state index is 0.0715. The van der Waals surface area contributed by atoms with Crippen molar-refractivity contribution in [3.05, 3.63) is 0 Å². The maximum absolute atomic E-state index is 12.5. The molecule has 0 aromatic carbocycles. The Bertz CT molecular complexity index is 214. The molecule has 16 heavy (non-hydrogen) atoms. The van der Waals surface area contributed by atoms with E-state index < -0.39 is 18.3 Å². The van der Waals surface area contributed by atoms with E-state index in [1.54, 1.807) is 20.8 Å². The van der Waals surface area contributed by atoms with Crippen LogP contribution < -0.4 is 5.73 Å². The Hall–Kier alpha value is -0.290. The number of alkyl halides is 3. The van der Waals surface area contributed by atoms with E-state index in [9.17, 15) is 13.2 Å². The average Bonchev–Trinajstić information content (AvgIpc) is 2.10. The Morgan fingerprint density at radius 2 is 1.56 bits per heavy atom. The highest BCUT2D eigenvalue weighted by atomic mass is 19.4. The molecule has 0 aromatic rings. The van der Waals surface area contributed by atoms with Crippen LogP contribution in [0, 0.1) is 5.92 Å². The van der Waals surface area contributed by atoms with E-state index in [1.165, 1.54) is 4.90 Å². The fourth-order valence-electron chi connectivity index (χ4n) is 1.83. The van der Waals surface area contributed by atoms with Crippen molar-refractivity contribution in [2.24, 2.45) is 11.7 Å². The molecule has 0 radical (unpaired) electrons. The normalized spacial score (nSPS) is 17.2. The van der Waals surface area contributed by atoms with Crippen LogP contribution in [0.3, 0.4) is 0 Å². The predicted octanol–water partition coefficient (Wildman–Crippen LogP) is 2.63. The first kappa shape index (κ1) is 15.7. The Morgan fingerprint density at radius 1 is 1.12 bits per heavy atom. The smallest absolute Gasteiger partial charge is 0.329 e. The van der Waals surface area contributed by atoms with Crippen LogP contribution in [0.2, 0.25) is 0 Å². The van der Waals surface area contributed by atoms with Crippen LogP contribution in [0.1, 0.15) is 34.6 Å². The largest absolute Gasteiger partial charge is 0.401 e. The highest BCUT2D eigenvalue weighted by Crippen LogP contribution is 2.29. The second-order valence-electron chi connectivity index (χ2n) is 5.05. The van der Waals surface area contributed by atoms with Crippen LogP contribution in [0.15, 0.2) is 0 Å². The summed E-state index contributed by atoms with van der Waals surface area (Å²) in [5, 5.41) is 0. The van der Waals surface area contributed by atoms with E-state index in [-0.39, 0.29) is 18.5 Å². The van der Waals surface area contributed by atoms with Crippen molar-refractivity contribution >= 4 is 0 Å². The molecule has 0 fully saturated rings. The van der Waals surface area contributed by atoms with Crippen molar-refractivity contribution in [3.8, 4) is 0 Å². The minimum atomic E-state index is -4.18. The SMILES string of the molecule is CC(C)N(CC(F)(F)F)C(C)(CN)C(C)C. The first-order valence-corrected chi connectivity index (χ1v) is 5.58. The van der Waals surface area contributed by atoms with Gasteiger partial charge in [0.25, 0.3) is 0 Å². The van der Waals surface area contributed by atoms with Crippen molar-refractivity contribution < 1.29 is 13.2 Å². The summed E-state index contributed by atoms with van der Waals surface area (Å²) in [5.41, 5.74) is 5.04. The number of nitrogens with two attached hydrogens (primary N) is 1. The van der Waals surface area contributed by atoms with Gasteiger partial charge in [-0.1, -0.05) is 13.8 Å². The van der Waals surface area contributed by atoms with Crippen LogP contribution in [-0.4, -0.2) is 35.7 Å². The Kier molecular flexibility index (Phi) is 5.26.